The topological polar surface area (TPSA) is 123 Å². The Morgan fingerprint density at radius 1 is 1.19 bits per heavy atom. The Balaban J connectivity index is 1.81. The molecule has 0 saturated carbocycles. The van der Waals surface area contributed by atoms with Gasteiger partial charge in [0.2, 0.25) is 10.0 Å². The number of thiazole rings is 1. The third-order valence-corrected chi connectivity index (χ3v) is 6.42. The molecule has 11 heteroatoms. The van der Waals surface area contributed by atoms with Crippen LogP contribution in [0.5, 0.6) is 0 Å². The molecular formula is C15H19N5O4S2. The highest BCUT2D eigenvalue weighted by atomic mass is 32.2. The van der Waals surface area contributed by atoms with Gasteiger partial charge in [0.15, 0.2) is 5.13 Å². The summed E-state index contributed by atoms with van der Waals surface area (Å²) in [6.07, 6.45) is 0. The molecule has 26 heavy (non-hydrogen) atoms. The van der Waals surface area contributed by atoms with Gasteiger partial charge in [-0.2, -0.15) is 0 Å². The van der Waals surface area contributed by atoms with Crippen LogP contribution in [0.15, 0.2) is 23.1 Å². The molecule has 0 atom stereocenters. The molecule has 2 aromatic rings. The second-order valence-electron chi connectivity index (χ2n) is 6.06. The van der Waals surface area contributed by atoms with Gasteiger partial charge in [-0.25, -0.2) is 18.5 Å². The van der Waals surface area contributed by atoms with Crippen LogP contribution in [-0.2, 0) is 10.0 Å². The van der Waals surface area contributed by atoms with Crippen molar-refractivity contribution < 1.29 is 13.3 Å². The number of benzene rings is 1. The number of sulfonamides is 1. The quantitative estimate of drug-likeness (QED) is 0.614. The lowest BCUT2D eigenvalue weighted by Gasteiger charge is -2.35. The van der Waals surface area contributed by atoms with Crippen LogP contribution in [0.2, 0.25) is 0 Å². The number of piperazine rings is 1. The highest BCUT2D eigenvalue weighted by Crippen LogP contribution is 2.32. The zero-order chi connectivity index (χ0) is 19.1. The van der Waals surface area contributed by atoms with Crippen LogP contribution in [0.4, 0.5) is 16.5 Å². The SMILES string of the molecule is Cc1nc(N2CCN(c3ccc(S(N)(=O)=O)cc3[N+](=O)[O-])CC2)sc1C. The first kappa shape index (κ1) is 18.5. The minimum atomic E-state index is -3.99. The van der Waals surface area contributed by atoms with Crippen molar-refractivity contribution >= 4 is 37.9 Å². The molecular weight excluding hydrogens is 378 g/mol. The van der Waals surface area contributed by atoms with Crippen LogP contribution in [0.3, 0.4) is 0 Å². The Labute approximate surface area is 155 Å². The molecule has 2 heterocycles. The third-order valence-electron chi connectivity index (χ3n) is 4.38. The van der Waals surface area contributed by atoms with Gasteiger partial charge in [0.05, 0.1) is 15.5 Å². The minimum absolute atomic E-state index is 0.258. The average molecular weight is 397 g/mol. The van der Waals surface area contributed by atoms with E-state index in [9.17, 15) is 18.5 Å². The molecule has 1 aromatic heterocycles. The first-order valence-corrected chi connectivity index (χ1v) is 10.3. The van der Waals surface area contributed by atoms with Crippen molar-refractivity contribution in [2.24, 2.45) is 5.14 Å². The van der Waals surface area contributed by atoms with E-state index in [4.69, 9.17) is 5.14 Å². The Kier molecular flexibility index (Phi) is 4.86. The van der Waals surface area contributed by atoms with E-state index in [1.165, 1.54) is 17.0 Å². The number of aromatic nitrogens is 1. The zero-order valence-corrected chi connectivity index (χ0v) is 16.0. The van der Waals surface area contributed by atoms with Gasteiger partial charge in [-0.05, 0) is 26.0 Å². The molecule has 1 saturated heterocycles. The third kappa shape index (κ3) is 3.64. The fourth-order valence-corrected chi connectivity index (χ4v) is 4.32. The summed E-state index contributed by atoms with van der Waals surface area (Å²) in [4.78, 5) is 20.3. The maximum absolute atomic E-state index is 11.5. The summed E-state index contributed by atoms with van der Waals surface area (Å²) in [5.74, 6) is 0. The normalized spacial score (nSPS) is 15.3. The van der Waals surface area contributed by atoms with Gasteiger partial charge in [-0.15, -0.1) is 11.3 Å². The number of nitro benzene ring substituents is 1. The van der Waals surface area contributed by atoms with Crippen LogP contribution in [0.1, 0.15) is 10.6 Å². The molecule has 3 rings (SSSR count). The maximum atomic E-state index is 11.5. The van der Waals surface area contributed by atoms with E-state index >= 15 is 0 Å². The van der Waals surface area contributed by atoms with Crippen LogP contribution >= 0.6 is 11.3 Å². The smallest absolute Gasteiger partial charge is 0.293 e. The molecule has 1 aliphatic heterocycles. The van der Waals surface area contributed by atoms with E-state index in [-0.39, 0.29) is 10.6 Å². The van der Waals surface area contributed by atoms with Crippen molar-refractivity contribution in [3.05, 3.63) is 38.9 Å². The molecule has 2 N–H and O–H groups in total. The van der Waals surface area contributed by atoms with E-state index in [2.05, 4.69) is 9.88 Å². The summed E-state index contributed by atoms with van der Waals surface area (Å²) < 4.78 is 22.9. The van der Waals surface area contributed by atoms with E-state index in [0.717, 1.165) is 16.9 Å². The Morgan fingerprint density at radius 2 is 1.81 bits per heavy atom. The number of anilines is 2. The summed E-state index contributed by atoms with van der Waals surface area (Å²) >= 11 is 1.64. The number of nitro groups is 1. The van der Waals surface area contributed by atoms with Gasteiger partial charge in [0.25, 0.3) is 5.69 Å². The van der Waals surface area contributed by atoms with E-state index in [0.29, 0.717) is 31.9 Å². The number of aryl methyl sites for hydroxylation is 2. The number of rotatable bonds is 4. The molecule has 0 spiro atoms. The Morgan fingerprint density at radius 3 is 2.31 bits per heavy atom. The predicted molar refractivity (Wildman–Crippen MR) is 100 cm³/mol. The number of hydrogen-bond donors (Lipinski definition) is 1. The predicted octanol–water partition coefficient (Wildman–Crippen LogP) is 1.64. The fraction of sp³-hybridized carbons (Fsp3) is 0.400. The first-order chi connectivity index (χ1) is 12.2. The monoisotopic (exact) mass is 397 g/mol. The van der Waals surface area contributed by atoms with Crippen LogP contribution in [-0.4, -0.2) is 44.5 Å². The van der Waals surface area contributed by atoms with Crippen molar-refractivity contribution in [3.8, 4) is 0 Å². The van der Waals surface area contributed by atoms with Gasteiger partial charge in [0.1, 0.15) is 5.69 Å². The molecule has 9 nitrogen and oxygen atoms in total. The second-order valence-corrected chi connectivity index (χ2v) is 8.81. The van der Waals surface area contributed by atoms with Gasteiger partial charge < -0.3 is 9.80 Å². The summed E-state index contributed by atoms with van der Waals surface area (Å²) in [6.45, 7) is 6.52. The molecule has 140 valence electrons. The van der Waals surface area contributed by atoms with Crippen LogP contribution in [0, 0.1) is 24.0 Å². The van der Waals surface area contributed by atoms with Crippen molar-refractivity contribution in [2.45, 2.75) is 18.7 Å². The highest BCUT2D eigenvalue weighted by Gasteiger charge is 2.26. The summed E-state index contributed by atoms with van der Waals surface area (Å²) in [5.41, 5.74) is 1.15. The molecule has 1 aliphatic rings. The van der Waals surface area contributed by atoms with E-state index in [1.54, 1.807) is 11.3 Å². The molecule has 0 unspecified atom stereocenters. The van der Waals surface area contributed by atoms with Gasteiger partial charge >= 0.3 is 0 Å². The maximum Gasteiger partial charge on any atom is 0.293 e. The lowest BCUT2D eigenvalue weighted by Crippen LogP contribution is -2.46. The Hall–Kier alpha value is -2.24. The molecule has 1 aromatic carbocycles. The van der Waals surface area contributed by atoms with E-state index in [1.807, 2.05) is 18.7 Å². The fourth-order valence-electron chi connectivity index (χ4n) is 2.82. The standard InChI is InChI=1S/C15H19N5O4S2/c1-10-11(2)25-15(17-10)19-7-5-18(6-8-19)13-4-3-12(26(16,23)24)9-14(13)20(21)22/h3-4,9H,5-8H2,1-2H3,(H2,16,23,24). The molecule has 0 aliphatic carbocycles. The van der Waals surface area contributed by atoms with E-state index < -0.39 is 14.9 Å². The second kappa shape index (κ2) is 6.82. The van der Waals surface area contributed by atoms with Crippen molar-refractivity contribution in [2.75, 3.05) is 36.0 Å². The number of nitrogens with zero attached hydrogens (tertiary/aromatic N) is 4. The largest absolute Gasteiger partial charge is 0.362 e. The molecule has 0 radical (unpaired) electrons. The molecule has 1 fully saturated rings. The van der Waals surface area contributed by atoms with Crippen LogP contribution in [0.25, 0.3) is 0 Å². The molecule has 0 bridgehead atoms. The summed E-state index contributed by atoms with van der Waals surface area (Å²) in [7, 11) is -3.99. The summed E-state index contributed by atoms with van der Waals surface area (Å²) in [5, 5.41) is 17.4. The van der Waals surface area contributed by atoms with Gasteiger partial charge in [-0.1, -0.05) is 0 Å². The zero-order valence-electron chi connectivity index (χ0n) is 14.4. The Bertz CT molecular complexity index is 929. The average Bonchev–Trinajstić information content (AvgIpc) is 2.92. The number of primary sulfonamides is 1. The first-order valence-electron chi connectivity index (χ1n) is 7.92. The number of hydrogen-bond acceptors (Lipinski definition) is 8. The molecule has 0 amide bonds. The number of nitrogens with two attached hydrogens (primary N) is 1. The summed E-state index contributed by atoms with van der Waals surface area (Å²) in [6, 6.07) is 3.77. The van der Waals surface area contributed by atoms with Crippen molar-refractivity contribution in [1.29, 1.82) is 0 Å². The minimum Gasteiger partial charge on any atom is -0.362 e. The van der Waals surface area contributed by atoms with Gasteiger partial charge in [-0.3, -0.25) is 10.1 Å². The van der Waals surface area contributed by atoms with Crippen molar-refractivity contribution in [1.82, 2.24) is 4.98 Å². The lowest BCUT2D eigenvalue weighted by molar-refractivity contribution is -0.384. The van der Waals surface area contributed by atoms with Crippen LogP contribution < -0.4 is 14.9 Å². The highest BCUT2D eigenvalue weighted by molar-refractivity contribution is 7.89. The van der Waals surface area contributed by atoms with Crippen molar-refractivity contribution in [3.63, 3.8) is 0 Å². The lowest BCUT2D eigenvalue weighted by atomic mass is 10.2. The van der Waals surface area contributed by atoms with Gasteiger partial charge in [0, 0.05) is 37.1 Å².